The molecule has 9 heteroatoms. The van der Waals surface area contributed by atoms with Gasteiger partial charge in [0.15, 0.2) is 5.76 Å². The predicted molar refractivity (Wildman–Crippen MR) is 103 cm³/mol. The second-order valence-electron chi connectivity index (χ2n) is 5.98. The van der Waals surface area contributed by atoms with Gasteiger partial charge in [0.2, 0.25) is 0 Å². The van der Waals surface area contributed by atoms with E-state index in [2.05, 4.69) is 4.72 Å². The van der Waals surface area contributed by atoms with E-state index in [1.54, 1.807) is 31.2 Å². The van der Waals surface area contributed by atoms with Crippen molar-refractivity contribution in [2.24, 2.45) is 0 Å². The zero-order valence-electron chi connectivity index (χ0n) is 16.2. The summed E-state index contributed by atoms with van der Waals surface area (Å²) in [4.78, 5) is 14.1. The molecule has 0 spiro atoms. The molecule has 0 atom stereocenters. The Labute approximate surface area is 186 Å². The zero-order chi connectivity index (χ0) is 19.6. The largest absolute Gasteiger partial charge is 1.00 e. The first-order valence-corrected chi connectivity index (χ1v) is 9.71. The van der Waals surface area contributed by atoms with Crippen molar-refractivity contribution in [3.63, 3.8) is 0 Å². The average Bonchev–Trinajstić information content (AvgIpc) is 3.05. The van der Waals surface area contributed by atoms with E-state index in [0.29, 0.717) is 11.0 Å². The summed E-state index contributed by atoms with van der Waals surface area (Å²) in [5.41, 5.74) is 1.37. The second kappa shape index (κ2) is 9.00. The number of sulfonamides is 1. The van der Waals surface area contributed by atoms with Crippen LogP contribution in [0, 0.1) is 0 Å². The van der Waals surface area contributed by atoms with Crippen LogP contribution in [0.3, 0.4) is 0 Å². The van der Waals surface area contributed by atoms with Gasteiger partial charge in [0.25, 0.3) is 0 Å². The minimum atomic E-state index is -4.24. The number of carbonyl (C=O) groups excluding carboxylic acids is 1. The molecule has 2 aromatic carbocycles. The van der Waals surface area contributed by atoms with Gasteiger partial charge in [-0.05, 0) is 37.3 Å². The smallest absolute Gasteiger partial charge is 0.535 e. The van der Waals surface area contributed by atoms with E-state index in [1.807, 2.05) is 25.1 Å². The fourth-order valence-corrected chi connectivity index (χ4v) is 3.58. The Morgan fingerprint density at radius 3 is 2.54 bits per heavy atom. The van der Waals surface area contributed by atoms with Gasteiger partial charge < -0.3 is 23.6 Å². The Bertz CT molecular complexity index is 1090. The standard InChI is InChI=1S/C19H20N2O5S.Na/c1-4-25-15-7-5-6-8-18(15)27(23,24)20-19(22)17-11-13-9-10-14(21(2)3)12-16(13)26-17;/h5-12H,4H2,1-3H3,(H,20,22);/q;+1/p-1. The molecule has 0 aliphatic rings. The molecule has 1 amide bonds. The average molecular weight is 410 g/mol. The van der Waals surface area contributed by atoms with Gasteiger partial charge >= 0.3 is 29.6 Å². The van der Waals surface area contributed by atoms with Crippen molar-refractivity contribution >= 4 is 32.6 Å². The van der Waals surface area contributed by atoms with Crippen LogP contribution in [0.4, 0.5) is 5.69 Å². The van der Waals surface area contributed by atoms with Crippen LogP contribution in [0.2, 0.25) is 0 Å². The maximum absolute atomic E-state index is 12.6. The number of nitrogens with zero attached hydrogens (tertiary/aromatic N) is 2. The third-order valence-corrected chi connectivity index (χ3v) is 5.16. The second-order valence-corrected chi connectivity index (χ2v) is 7.55. The van der Waals surface area contributed by atoms with Gasteiger partial charge in [-0.25, -0.2) is 8.42 Å². The van der Waals surface area contributed by atoms with Crippen LogP contribution in [0.1, 0.15) is 17.5 Å². The maximum Gasteiger partial charge on any atom is 1.00 e. The van der Waals surface area contributed by atoms with Gasteiger partial charge in [0.05, 0.1) is 11.5 Å². The monoisotopic (exact) mass is 410 g/mol. The quantitative estimate of drug-likeness (QED) is 0.559. The number of rotatable bonds is 6. The Kier molecular flexibility index (Phi) is 7.16. The first kappa shape index (κ1) is 22.3. The number of ether oxygens (including phenoxy) is 1. The van der Waals surface area contributed by atoms with Crippen LogP contribution >= 0.6 is 0 Å². The summed E-state index contributed by atoms with van der Waals surface area (Å²) in [6, 6.07) is 13.0. The van der Waals surface area contributed by atoms with E-state index in [1.165, 1.54) is 18.2 Å². The normalized spacial score (nSPS) is 11.0. The first-order valence-electron chi connectivity index (χ1n) is 8.27. The molecule has 0 saturated heterocycles. The molecule has 3 aromatic rings. The number of hydrogen-bond acceptors (Lipinski definition) is 6. The number of hydrogen-bond donors (Lipinski definition) is 0. The van der Waals surface area contributed by atoms with Crippen molar-refractivity contribution in [1.29, 1.82) is 0 Å². The molecule has 0 aliphatic carbocycles. The third-order valence-electron chi connectivity index (χ3n) is 3.86. The fraction of sp³-hybridized carbons (Fsp3) is 0.211. The van der Waals surface area contributed by atoms with Gasteiger partial charge in [0, 0.05) is 31.2 Å². The van der Waals surface area contributed by atoms with E-state index in [4.69, 9.17) is 9.15 Å². The SMILES string of the molecule is CCOc1ccccc1S(=O)(=O)[N-]C(=O)c1cc2ccc(N(C)C)cc2o1.[Na+]. The van der Waals surface area contributed by atoms with Crippen LogP contribution in [0.25, 0.3) is 15.7 Å². The predicted octanol–water partition coefficient (Wildman–Crippen LogP) is 0.804. The zero-order valence-corrected chi connectivity index (χ0v) is 19.0. The number of amides is 1. The van der Waals surface area contributed by atoms with Gasteiger partial charge in [0.1, 0.15) is 27.3 Å². The summed E-state index contributed by atoms with van der Waals surface area (Å²) in [5, 5.41) is 0.686. The van der Waals surface area contributed by atoms with E-state index < -0.39 is 15.9 Å². The molecule has 3 rings (SSSR count). The summed E-state index contributed by atoms with van der Waals surface area (Å²) >= 11 is 0. The minimum Gasteiger partial charge on any atom is -0.535 e. The van der Waals surface area contributed by atoms with Crippen molar-refractivity contribution in [2.45, 2.75) is 11.8 Å². The summed E-state index contributed by atoms with van der Waals surface area (Å²) in [6.45, 7) is 2.03. The fourth-order valence-electron chi connectivity index (χ4n) is 2.54. The van der Waals surface area contributed by atoms with E-state index in [0.717, 1.165) is 5.69 Å². The van der Waals surface area contributed by atoms with Gasteiger partial charge in [-0.2, -0.15) is 0 Å². The summed E-state index contributed by atoms with van der Waals surface area (Å²) in [7, 11) is -0.472. The van der Waals surface area contributed by atoms with Crippen LogP contribution < -0.4 is 39.2 Å². The number of carbonyl (C=O) groups is 1. The topological polar surface area (TPSA) is 90.9 Å². The van der Waals surface area contributed by atoms with Crippen LogP contribution in [0.5, 0.6) is 5.75 Å². The molecular formula is C19H19N2NaO5S. The molecule has 142 valence electrons. The molecule has 0 unspecified atom stereocenters. The van der Waals surface area contributed by atoms with Gasteiger partial charge in [-0.1, -0.05) is 12.1 Å². The third kappa shape index (κ3) is 4.70. The van der Waals surface area contributed by atoms with Crippen molar-refractivity contribution in [3.05, 3.63) is 59.0 Å². The number of para-hydroxylation sites is 1. The molecular weight excluding hydrogens is 391 g/mol. The van der Waals surface area contributed by atoms with Gasteiger partial charge in [-0.15, -0.1) is 0 Å². The molecule has 0 aliphatic heterocycles. The minimum absolute atomic E-state index is 0. The van der Waals surface area contributed by atoms with E-state index in [-0.39, 0.29) is 52.6 Å². The number of furan rings is 1. The number of benzene rings is 2. The Morgan fingerprint density at radius 1 is 1.14 bits per heavy atom. The van der Waals surface area contributed by atoms with Crippen molar-refractivity contribution in [3.8, 4) is 5.75 Å². The Morgan fingerprint density at radius 2 is 1.86 bits per heavy atom. The molecule has 7 nitrogen and oxygen atoms in total. The van der Waals surface area contributed by atoms with E-state index in [9.17, 15) is 13.2 Å². The summed E-state index contributed by atoms with van der Waals surface area (Å²) < 4.78 is 39.3. The maximum atomic E-state index is 12.6. The Hall–Kier alpha value is -2.00. The van der Waals surface area contributed by atoms with Crippen molar-refractivity contribution in [1.82, 2.24) is 0 Å². The summed E-state index contributed by atoms with van der Waals surface area (Å²) in [6.07, 6.45) is 0. The molecule has 0 N–H and O–H groups in total. The Balaban J connectivity index is 0.00000280. The molecule has 0 radical (unpaired) electrons. The number of fused-ring (bicyclic) bond motifs is 1. The van der Waals surface area contributed by atoms with Crippen LogP contribution in [-0.2, 0) is 10.0 Å². The summed E-state index contributed by atoms with van der Waals surface area (Å²) in [5.74, 6) is -0.959. The van der Waals surface area contributed by atoms with Gasteiger partial charge in [-0.3, -0.25) is 0 Å². The van der Waals surface area contributed by atoms with Crippen LogP contribution in [-0.4, -0.2) is 35.0 Å². The molecule has 28 heavy (non-hydrogen) atoms. The van der Waals surface area contributed by atoms with Crippen LogP contribution in [0.15, 0.2) is 57.8 Å². The van der Waals surface area contributed by atoms with Crippen molar-refractivity contribution < 1.29 is 51.9 Å². The molecule has 0 saturated carbocycles. The molecule has 1 aromatic heterocycles. The molecule has 1 heterocycles. The number of anilines is 1. The van der Waals surface area contributed by atoms with Crippen molar-refractivity contribution in [2.75, 3.05) is 25.6 Å². The molecule has 0 fully saturated rings. The molecule has 0 bridgehead atoms. The first-order chi connectivity index (χ1) is 12.8. The van der Waals surface area contributed by atoms with E-state index >= 15 is 0 Å².